The van der Waals surface area contributed by atoms with E-state index in [0.29, 0.717) is 11.6 Å². The molecule has 1 aliphatic carbocycles. The zero-order valence-electron chi connectivity index (χ0n) is 14.6. The van der Waals surface area contributed by atoms with Gasteiger partial charge in [0.2, 0.25) is 11.8 Å². The topological polar surface area (TPSA) is 67.2 Å². The number of likely N-dealkylation sites (tertiary alicyclic amines) is 1. The lowest BCUT2D eigenvalue weighted by Crippen LogP contribution is -2.30. The Kier molecular flexibility index (Phi) is 4.22. The van der Waals surface area contributed by atoms with E-state index in [2.05, 4.69) is 10.4 Å². The Morgan fingerprint density at radius 3 is 2.73 bits per heavy atom. The minimum atomic E-state index is -0.523. The van der Waals surface area contributed by atoms with E-state index in [1.54, 1.807) is 30.3 Å². The number of nitrogens with one attached hydrogen (secondary N) is 1. The Labute approximate surface area is 151 Å². The van der Waals surface area contributed by atoms with Crippen LogP contribution in [0.2, 0.25) is 0 Å². The quantitative estimate of drug-likeness (QED) is 0.895. The van der Waals surface area contributed by atoms with Crippen molar-refractivity contribution in [3.05, 3.63) is 48.0 Å². The molecule has 2 fully saturated rings. The van der Waals surface area contributed by atoms with Gasteiger partial charge in [0.05, 0.1) is 23.8 Å². The van der Waals surface area contributed by atoms with Crippen LogP contribution in [-0.2, 0) is 16.1 Å². The number of anilines is 1. The van der Waals surface area contributed by atoms with Crippen molar-refractivity contribution in [1.82, 2.24) is 14.7 Å². The summed E-state index contributed by atoms with van der Waals surface area (Å²) in [5.41, 5.74) is 1.39. The van der Waals surface area contributed by atoms with Crippen molar-refractivity contribution >= 4 is 17.5 Å². The SMILES string of the molecule is CN1C(=O)C[C@@H](C(=O)Nc2cnn(CC3CC3)c2)[C@H]1c1ccc(F)cc1. The van der Waals surface area contributed by atoms with Crippen LogP contribution in [0.4, 0.5) is 10.1 Å². The maximum absolute atomic E-state index is 13.2. The van der Waals surface area contributed by atoms with Crippen LogP contribution in [-0.4, -0.2) is 33.5 Å². The number of nitrogens with zero attached hydrogens (tertiary/aromatic N) is 3. The highest BCUT2D eigenvalue weighted by molar-refractivity contribution is 5.97. The van der Waals surface area contributed by atoms with Crippen molar-refractivity contribution in [3.8, 4) is 0 Å². The lowest BCUT2D eigenvalue weighted by molar-refractivity contribution is -0.127. The first-order valence-corrected chi connectivity index (χ1v) is 8.85. The van der Waals surface area contributed by atoms with Gasteiger partial charge in [0.1, 0.15) is 5.82 Å². The standard InChI is InChI=1S/C19H21FN4O2/c1-23-17(25)8-16(18(23)13-4-6-14(20)7-5-13)19(26)22-15-9-21-24(11-15)10-12-2-3-12/h4-7,9,11-12,16,18H,2-3,8,10H2,1H3,(H,22,26)/t16-,18-/m1/s1. The Morgan fingerprint density at radius 2 is 2.04 bits per heavy atom. The molecule has 26 heavy (non-hydrogen) atoms. The first-order chi connectivity index (χ1) is 12.5. The van der Waals surface area contributed by atoms with E-state index >= 15 is 0 Å². The lowest BCUT2D eigenvalue weighted by atomic mass is 9.93. The van der Waals surface area contributed by atoms with Gasteiger partial charge in [-0.25, -0.2) is 4.39 Å². The fourth-order valence-electron chi connectivity index (χ4n) is 3.55. The van der Waals surface area contributed by atoms with Gasteiger partial charge in [-0.05, 0) is 36.5 Å². The van der Waals surface area contributed by atoms with Gasteiger partial charge in [-0.2, -0.15) is 5.10 Å². The molecule has 1 aromatic carbocycles. The molecule has 1 saturated carbocycles. The highest BCUT2D eigenvalue weighted by Crippen LogP contribution is 2.37. The van der Waals surface area contributed by atoms with Crippen molar-refractivity contribution < 1.29 is 14.0 Å². The average Bonchev–Trinajstić information content (AvgIpc) is 3.24. The van der Waals surface area contributed by atoms with Gasteiger partial charge >= 0.3 is 0 Å². The molecule has 2 atom stereocenters. The summed E-state index contributed by atoms with van der Waals surface area (Å²) in [4.78, 5) is 26.5. The monoisotopic (exact) mass is 356 g/mol. The minimum absolute atomic E-state index is 0.0936. The number of hydrogen-bond acceptors (Lipinski definition) is 3. The number of hydrogen-bond donors (Lipinski definition) is 1. The maximum Gasteiger partial charge on any atom is 0.230 e. The Hall–Kier alpha value is -2.70. The third kappa shape index (κ3) is 3.34. The van der Waals surface area contributed by atoms with Crippen LogP contribution in [0.3, 0.4) is 0 Å². The summed E-state index contributed by atoms with van der Waals surface area (Å²) in [5, 5.41) is 7.15. The fourth-order valence-corrected chi connectivity index (χ4v) is 3.55. The van der Waals surface area contributed by atoms with Gasteiger partial charge in [-0.3, -0.25) is 14.3 Å². The number of carbonyl (C=O) groups is 2. The lowest BCUT2D eigenvalue weighted by Gasteiger charge is -2.24. The zero-order valence-corrected chi connectivity index (χ0v) is 14.6. The minimum Gasteiger partial charge on any atom is -0.338 e. The number of aromatic nitrogens is 2. The summed E-state index contributed by atoms with van der Waals surface area (Å²) >= 11 is 0. The largest absolute Gasteiger partial charge is 0.338 e. The van der Waals surface area contributed by atoms with Crippen molar-refractivity contribution in [2.24, 2.45) is 11.8 Å². The summed E-state index contributed by atoms with van der Waals surface area (Å²) in [6.07, 6.45) is 6.06. The number of carbonyl (C=O) groups excluding carboxylic acids is 2. The number of benzene rings is 1. The van der Waals surface area contributed by atoms with E-state index in [-0.39, 0.29) is 24.1 Å². The van der Waals surface area contributed by atoms with Crippen LogP contribution in [0.15, 0.2) is 36.7 Å². The van der Waals surface area contributed by atoms with Crippen LogP contribution in [0, 0.1) is 17.7 Å². The Morgan fingerprint density at radius 1 is 1.31 bits per heavy atom. The molecule has 1 N–H and O–H groups in total. The molecule has 0 radical (unpaired) electrons. The molecule has 2 aromatic rings. The van der Waals surface area contributed by atoms with E-state index < -0.39 is 12.0 Å². The van der Waals surface area contributed by atoms with Crippen LogP contribution < -0.4 is 5.32 Å². The van der Waals surface area contributed by atoms with Crippen LogP contribution >= 0.6 is 0 Å². The molecule has 2 aliphatic rings. The van der Waals surface area contributed by atoms with Crippen molar-refractivity contribution in [1.29, 1.82) is 0 Å². The summed E-state index contributed by atoms with van der Waals surface area (Å²) in [5.74, 6) is -0.483. The van der Waals surface area contributed by atoms with Gasteiger partial charge in [0, 0.05) is 26.2 Å². The van der Waals surface area contributed by atoms with E-state index in [1.165, 1.54) is 25.0 Å². The molecule has 6 nitrogen and oxygen atoms in total. The normalized spacial score (nSPS) is 22.7. The van der Waals surface area contributed by atoms with Crippen molar-refractivity contribution in [2.75, 3.05) is 12.4 Å². The van der Waals surface area contributed by atoms with Crippen molar-refractivity contribution in [2.45, 2.75) is 31.8 Å². The third-order valence-corrected chi connectivity index (χ3v) is 5.18. The van der Waals surface area contributed by atoms with E-state index in [1.807, 2.05) is 10.9 Å². The molecule has 2 amide bonds. The molecule has 1 aliphatic heterocycles. The maximum atomic E-state index is 13.2. The molecule has 1 saturated heterocycles. The zero-order chi connectivity index (χ0) is 18.3. The number of rotatable bonds is 5. The molecule has 2 heterocycles. The van der Waals surface area contributed by atoms with Crippen LogP contribution in [0.1, 0.15) is 30.9 Å². The summed E-state index contributed by atoms with van der Waals surface area (Å²) in [6.45, 7) is 0.874. The molecule has 0 spiro atoms. The number of amides is 2. The molecule has 136 valence electrons. The molecule has 0 bridgehead atoms. The Balaban J connectivity index is 1.50. The first kappa shape index (κ1) is 16.8. The molecular formula is C19H21FN4O2. The molecule has 1 aromatic heterocycles. The smallest absolute Gasteiger partial charge is 0.230 e. The Bertz CT molecular complexity index is 828. The predicted octanol–water partition coefficient (Wildman–Crippen LogP) is 2.59. The van der Waals surface area contributed by atoms with E-state index in [9.17, 15) is 14.0 Å². The van der Waals surface area contributed by atoms with Crippen LogP contribution in [0.5, 0.6) is 0 Å². The second-order valence-corrected chi connectivity index (χ2v) is 7.20. The van der Waals surface area contributed by atoms with E-state index in [0.717, 1.165) is 12.1 Å². The summed E-state index contributed by atoms with van der Waals surface area (Å²) in [6, 6.07) is 5.56. The van der Waals surface area contributed by atoms with Crippen LogP contribution in [0.25, 0.3) is 0 Å². The third-order valence-electron chi connectivity index (χ3n) is 5.18. The second kappa shape index (κ2) is 6.55. The van der Waals surface area contributed by atoms with Crippen molar-refractivity contribution in [3.63, 3.8) is 0 Å². The van der Waals surface area contributed by atoms with Gasteiger partial charge in [0.15, 0.2) is 0 Å². The van der Waals surface area contributed by atoms with Gasteiger partial charge in [-0.1, -0.05) is 12.1 Å². The first-order valence-electron chi connectivity index (χ1n) is 8.85. The van der Waals surface area contributed by atoms with Gasteiger partial charge < -0.3 is 10.2 Å². The van der Waals surface area contributed by atoms with E-state index in [4.69, 9.17) is 0 Å². The highest BCUT2D eigenvalue weighted by atomic mass is 19.1. The predicted molar refractivity (Wildman–Crippen MR) is 93.6 cm³/mol. The molecule has 0 unspecified atom stereocenters. The van der Waals surface area contributed by atoms with Gasteiger partial charge in [-0.15, -0.1) is 0 Å². The molecule has 4 rings (SSSR count). The highest BCUT2D eigenvalue weighted by Gasteiger charge is 2.42. The second-order valence-electron chi connectivity index (χ2n) is 7.20. The fraction of sp³-hybridized carbons (Fsp3) is 0.421. The summed E-state index contributed by atoms with van der Waals surface area (Å²) < 4.78 is 15.1. The summed E-state index contributed by atoms with van der Waals surface area (Å²) in [7, 11) is 1.68. The average molecular weight is 356 g/mol. The number of halogens is 1. The molecule has 7 heteroatoms. The molecular weight excluding hydrogens is 335 g/mol. The van der Waals surface area contributed by atoms with Gasteiger partial charge in [0.25, 0.3) is 0 Å².